The molecule has 0 bridgehead atoms. The van der Waals surface area contributed by atoms with Crippen LogP contribution in [0.5, 0.6) is 5.75 Å². The number of nitrogens with zero attached hydrogens (tertiary/aromatic N) is 4. The zero-order valence-corrected chi connectivity index (χ0v) is 21.0. The minimum Gasteiger partial charge on any atom is -0.497 e. The zero-order valence-electron chi connectivity index (χ0n) is 18.6. The first-order chi connectivity index (χ1) is 13.9. The summed E-state index contributed by atoms with van der Waals surface area (Å²) in [6, 6.07) is 10.3. The summed E-state index contributed by atoms with van der Waals surface area (Å²) < 4.78 is 10.6. The number of aromatic nitrogens is 1. The molecule has 1 aromatic carbocycles. The third-order valence-electron chi connectivity index (χ3n) is 5.49. The normalized spacial score (nSPS) is 15.6. The fourth-order valence-electron chi connectivity index (χ4n) is 3.62. The van der Waals surface area contributed by atoms with E-state index < -0.39 is 0 Å². The van der Waals surface area contributed by atoms with Crippen molar-refractivity contribution < 1.29 is 9.26 Å². The molecule has 0 saturated carbocycles. The molecular formula is C22H34IN5O2. The maximum atomic E-state index is 5.38. The Kier molecular flexibility index (Phi) is 8.96. The van der Waals surface area contributed by atoms with Gasteiger partial charge in [-0.15, -0.1) is 24.0 Å². The van der Waals surface area contributed by atoms with Gasteiger partial charge in [0.25, 0.3) is 0 Å². The Morgan fingerprint density at radius 3 is 2.57 bits per heavy atom. The van der Waals surface area contributed by atoms with Crippen LogP contribution >= 0.6 is 24.0 Å². The average Bonchev–Trinajstić information content (AvgIpc) is 3.14. The van der Waals surface area contributed by atoms with Gasteiger partial charge in [-0.3, -0.25) is 9.89 Å². The van der Waals surface area contributed by atoms with Crippen molar-refractivity contribution in [1.82, 2.24) is 20.3 Å². The molecule has 0 unspecified atom stereocenters. The van der Waals surface area contributed by atoms with E-state index in [2.05, 4.69) is 51.2 Å². The molecule has 0 atom stereocenters. The first-order valence-corrected chi connectivity index (χ1v) is 10.2. The first kappa shape index (κ1) is 24.5. The topological polar surface area (TPSA) is 66.1 Å². The van der Waals surface area contributed by atoms with Crippen molar-refractivity contribution in [1.29, 1.82) is 0 Å². The molecule has 2 aromatic rings. The Labute approximate surface area is 196 Å². The Morgan fingerprint density at radius 1 is 1.23 bits per heavy atom. The van der Waals surface area contributed by atoms with Crippen molar-refractivity contribution in [2.45, 2.75) is 32.7 Å². The van der Waals surface area contributed by atoms with Crippen molar-refractivity contribution in [3.05, 3.63) is 47.3 Å². The Balaban J connectivity index is 0.00000320. The van der Waals surface area contributed by atoms with Crippen molar-refractivity contribution in [2.75, 3.05) is 46.9 Å². The van der Waals surface area contributed by atoms with Crippen LogP contribution in [0.15, 0.2) is 39.8 Å². The fourth-order valence-corrected chi connectivity index (χ4v) is 3.62. The van der Waals surface area contributed by atoms with Gasteiger partial charge in [-0.1, -0.05) is 31.1 Å². The van der Waals surface area contributed by atoms with Crippen molar-refractivity contribution in [3.63, 3.8) is 0 Å². The third kappa shape index (κ3) is 6.34. The number of rotatable bonds is 6. The van der Waals surface area contributed by atoms with Gasteiger partial charge >= 0.3 is 0 Å². The summed E-state index contributed by atoms with van der Waals surface area (Å²) in [5, 5.41) is 7.67. The monoisotopic (exact) mass is 527 g/mol. The minimum atomic E-state index is -0.0445. The quantitative estimate of drug-likeness (QED) is 0.354. The van der Waals surface area contributed by atoms with Crippen LogP contribution in [-0.4, -0.2) is 67.8 Å². The van der Waals surface area contributed by atoms with E-state index in [1.165, 1.54) is 5.56 Å². The SMILES string of the molecule is CN=C(NCC(C)(C)c1cccc(OC)c1)N1CCN(Cc2cc(C)on2)CC1.I. The maximum Gasteiger partial charge on any atom is 0.193 e. The molecule has 0 aliphatic carbocycles. The van der Waals surface area contributed by atoms with Gasteiger partial charge in [0.2, 0.25) is 0 Å². The number of guanidine groups is 1. The van der Waals surface area contributed by atoms with Gasteiger partial charge in [-0.25, -0.2) is 0 Å². The van der Waals surface area contributed by atoms with Crippen LogP contribution in [-0.2, 0) is 12.0 Å². The lowest BCUT2D eigenvalue weighted by Crippen LogP contribution is -2.53. The number of piperazine rings is 1. The fraction of sp³-hybridized carbons (Fsp3) is 0.545. The molecular weight excluding hydrogens is 493 g/mol. The molecule has 2 heterocycles. The largest absolute Gasteiger partial charge is 0.497 e. The summed E-state index contributed by atoms with van der Waals surface area (Å²) in [6.07, 6.45) is 0. The maximum absolute atomic E-state index is 5.38. The number of hydrogen-bond acceptors (Lipinski definition) is 5. The molecule has 1 saturated heterocycles. The van der Waals surface area contributed by atoms with E-state index in [0.29, 0.717) is 0 Å². The van der Waals surface area contributed by atoms with E-state index in [0.717, 1.165) is 62.4 Å². The van der Waals surface area contributed by atoms with Gasteiger partial charge in [-0.05, 0) is 24.6 Å². The predicted octanol–water partition coefficient (Wildman–Crippen LogP) is 3.28. The van der Waals surface area contributed by atoms with E-state index in [-0.39, 0.29) is 29.4 Å². The van der Waals surface area contributed by atoms with Crippen LogP contribution in [0.3, 0.4) is 0 Å². The van der Waals surface area contributed by atoms with Gasteiger partial charge in [0, 0.05) is 57.8 Å². The number of aliphatic imine (C=N–C) groups is 1. The molecule has 30 heavy (non-hydrogen) atoms. The summed E-state index contributed by atoms with van der Waals surface area (Å²) >= 11 is 0. The van der Waals surface area contributed by atoms with Gasteiger partial charge in [0.05, 0.1) is 12.8 Å². The molecule has 1 aliphatic rings. The van der Waals surface area contributed by atoms with E-state index in [9.17, 15) is 0 Å². The third-order valence-corrected chi connectivity index (χ3v) is 5.49. The highest BCUT2D eigenvalue weighted by atomic mass is 127. The molecule has 1 aromatic heterocycles. The number of nitrogens with one attached hydrogen (secondary N) is 1. The van der Waals surface area contributed by atoms with Crippen molar-refractivity contribution in [3.8, 4) is 5.75 Å². The van der Waals surface area contributed by atoms with E-state index in [1.807, 2.05) is 32.2 Å². The summed E-state index contributed by atoms with van der Waals surface area (Å²) in [5.41, 5.74) is 2.20. The molecule has 1 fully saturated rings. The Morgan fingerprint density at radius 2 is 1.97 bits per heavy atom. The first-order valence-electron chi connectivity index (χ1n) is 10.2. The smallest absolute Gasteiger partial charge is 0.193 e. The Bertz CT molecular complexity index is 828. The molecule has 0 amide bonds. The number of ether oxygens (including phenoxy) is 1. The highest BCUT2D eigenvalue weighted by Gasteiger charge is 2.24. The standard InChI is InChI=1S/C22H33N5O2.HI/c1-17-13-19(25-29-17)15-26-9-11-27(12-10-26)21(23-4)24-16-22(2,3)18-7-6-8-20(14-18)28-5;/h6-8,13-14H,9-12,15-16H2,1-5H3,(H,23,24);1H. The Hall–Kier alpha value is -1.81. The number of halogens is 1. The lowest BCUT2D eigenvalue weighted by Gasteiger charge is -2.37. The van der Waals surface area contributed by atoms with Crippen LogP contribution in [0.25, 0.3) is 0 Å². The van der Waals surface area contributed by atoms with E-state index >= 15 is 0 Å². The molecule has 1 aliphatic heterocycles. The van der Waals surface area contributed by atoms with Gasteiger partial charge in [0.15, 0.2) is 5.96 Å². The van der Waals surface area contributed by atoms with Gasteiger partial charge < -0.3 is 19.5 Å². The minimum absolute atomic E-state index is 0. The highest BCUT2D eigenvalue weighted by Crippen LogP contribution is 2.25. The number of benzene rings is 1. The van der Waals surface area contributed by atoms with E-state index in [4.69, 9.17) is 9.26 Å². The number of aryl methyl sites for hydroxylation is 1. The second kappa shape index (κ2) is 11.0. The lowest BCUT2D eigenvalue weighted by molar-refractivity contribution is 0.168. The average molecular weight is 527 g/mol. The van der Waals surface area contributed by atoms with Crippen LogP contribution in [0.4, 0.5) is 0 Å². The number of hydrogen-bond donors (Lipinski definition) is 1. The molecule has 166 valence electrons. The molecule has 7 nitrogen and oxygen atoms in total. The molecule has 0 radical (unpaired) electrons. The molecule has 0 spiro atoms. The van der Waals surface area contributed by atoms with Crippen LogP contribution in [0.2, 0.25) is 0 Å². The van der Waals surface area contributed by atoms with Crippen LogP contribution < -0.4 is 10.1 Å². The molecule has 1 N–H and O–H groups in total. The summed E-state index contributed by atoms with van der Waals surface area (Å²) in [4.78, 5) is 9.25. The second-order valence-corrected chi connectivity index (χ2v) is 8.21. The van der Waals surface area contributed by atoms with Gasteiger partial charge in [-0.2, -0.15) is 0 Å². The summed E-state index contributed by atoms with van der Waals surface area (Å²) in [5.74, 6) is 2.71. The van der Waals surface area contributed by atoms with Crippen molar-refractivity contribution >= 4 is 29.9 Å². The van der Waals surface area contributed by atoms with Crippen molar-refractivity contribution in [2.24, 2.45) is 4.99 Å². The second-order valence-electron chi connectivity index (χ2n) is 8.21. The highest BCUT2D eigenvalue weighted by molar-refractivity contribution is 14.0. The zero-order chi connectivity index (χ0) is 20.9. The molecule has 8 heteroatoms. The molecule has 3 rings (SSSR count). The lowest BCUT2D eigenvalue weighted by atomic mass is 9.84. The predicted molar refractivity (Wildman–Crippen MR) is 131 cm³/mol. The van der Waals surface area contributed by atoms with E-state index in [1.54, 1.807) is 7.11 Å². The number of methoxy groups -OCH3 is 1. The van der Waals surface area contributed by atoms with Crippen LogP contribution in [0, 0.1) is 6.92 Å². The summed E-state index contributed by atoms with van der Waals surface area (Å²) in [7, 11) is 3.56. The summed E-state index contributed by atoms with van der Waals surface area (Å²) in [6.45, 7) is 11.9. The van der Waals surface area contributed by atoms with Gasteiger partial charge in [0.1, 0.15) is 11.5 Å². The van der Waals surface area contributed by atoms with Crippen LogP contribution in [0.1, 0.15) is 30.9 Å².